The molecule has 0 unspecified atom stereocenters. The van der Waals surface area contributed by atoms with Crippen LogP contribution in [0.1, 0.15) is 5.89 Å². The van der Waals surface area contributed by atoms with E-state index in [1.165, 1.54) is 30.2 Å². The van der Waals surface area contributed by atoms with E-state index in [1.807, 2.05) is 18.2 Å². The van der Waals surface area contributed by atoms with Crippen LogP contribution < -0.4 is 0 Å². The van der Waals surface area contributed by atoms with Crippen molar-refractivity contribution in [3.8, 4) is 17.1 Å². The summed E-state index contributed by atoms with van der Waals surface area (Å²) >= 11 is 7.63. The van der Waals surface area contributed by atoms with Crippen LogP contribution in [0, 0.1) is 5.82 Å². The van der Waals surface area contributed by atoms with Gasteiger partial charge in [-0.1, -0.05) is 40.7 Å². The first-order chi connectivity index (χ1) is 14.7. The van der Waals surface area contributed by atoms with Crippen molar-refractivity contribution in [2.45, 2.75) is 10.8 Å². The number of hydrogen-bond acceptors (Lipinski definition) is 7. The van der Waals surface area contributed by atoms with Gasteiger partial charge in [0.25, 0.3) is 0 Å². The van der Waals surface area contributed by atoms with Crippen molar-refractivity contribution in [3.05, 3.63) is 77.8 Å². The van der Waals surface area contributed by atoms with E-state index >= 15 is 0 Å². The van der Waals surface area contributed by atoms with Crippen molar-refractivity contribution in [3.63, 3.8) is 0 Å². The molecule has 0 radical (unpaired) electrons. The summed E-state index contributed by atoms with van der Waals surface area (Å²) in [6.45, 7) is 0. The van der Waals surface area contributed by atoms with Gasteiger partial charge in [0, 0.05) is 5.56 Å². The SMILES string of the molecule is Fc1ccc(-n2ncc3c(SCc4nc(-c5ccccc5Cl)no4)ncnc32)cc1. The topological polar surface area (TPSA) is 82.5 Å². The highest BCUT2D eigenvalue weighted by Gasteiger charge is 2.15. The molecule has 0 saturated carbocycles. The first-order valence-electron chi connectivity index (χ1n) is 8.84. The summed E-state index contributed by atoms with van der Waals surface area (Å²) in [5.74, 6) is 1.00. The van der Waals surface area contributed by atoms with Crippen LogP contribution in [0.4, 0.5) is 4.39 Å². The molecule has 0 amide bonds. The van der Waals surface area contributed by atoms with E-state index < -0.39 is 0 Å². The highest BCUT2D eigenvalue weighted by atomic mass is 35.5. The Kier molecular flexibility index (Phi) is 4.89. The lowest BCUT2D eigenvalue weighted by Crippen LogP contribution is -1.98. The molecule has 0 aliphatic carbocycles. The zero-order valence-electron chi connectivity index (χ0n) is 15.2. The Morgan fingerprint density at radius 3 is 2.73 bits per heavy atom. The zero-order valence-corrected chi connectivity index (χ0v) is 16.8. The molecular formula is C20H12ClFN6OS. The van der Waals surface area contributed by atoms with Crippen LogP contribution in [0.3, 0.4) is 0 Å². The normalized spacial score (nSPS) is 11.3. The standard InChI is InChI=1S/C20H12ClFN6OS/c21-16-4-2-1-3-14(16)18-26-17(29-27-18)10-30-20-15-9-25-28(19(15)23-11-24-20)13-7-5-12(22)6-8-13/h1-9,11H,10H2. The van der Waals surface area contributed by atoms with Gasteiger partial charge in [0.1, 0.15) is 17.2 Å². The van der Waals surface area contributed by atoms with Crippen LogP contribution >= 0.6 is 23.4 Å². The Bertz CT molecular complexity index is 1340. The van der Waals surface area contributed by atoms with Crippen LogP contribution in [0.25, 0.3) is 28.1 Å². The highest BCUT2D eigenvalue weighted by molar-refractivity contribution is 7.98. The third-order valence-electron chi connectivity index (χ3n) is 4.32. The minimum absolute atomic E-state index is 0.309. The molecule has 5 rings (SSSR count). The predicted octanol–water partition coefficient (Wildman–Crippen LogP) is 4.95. The van der Waals surface area contributed by atoms with E-state index in [0.717, 1.165) is 10.4 Å². The average Bonchev–Trinajstić information content (AvgIpc) is 3.41. The molecule has 148 valence electrons. The predicted molar refractivity (Wildman–Crippen MR) is 111 cm³/mol. The first kappa shape index (κ1) is 18.7. The molecule has 2 aromatic carbocycles. The molecule has 5 aromatic rings. The van der Waals surface area contributed by atoms with E-state index in [-0.39, 0.29) is 5.82 Å². The minimum atomic E-state index is -0.309. The molecule has 0 fully saturated rings. The van der Waals surface area contributed by atoms with Crippen molar-refractivity contribution in [1.29, 1.82) is 0 Å². The van der Waals surface area contributed by atoms with Gasteiger partial charge in [0.05, 0.1) is 28.0 Å². The molecule has 10 heteroatoms. The molecule has 0 aliphatic heterocycles. The largest absolute Gasteiger partial charge is 0.338 e. The molecule has 0 spiro atoms. The van der Waals surface area contributed by atoms with Gasteiger partial charge in [-0.25, -0.2) is 19.0 Å². The quantitative estimate of drug-likeness (QED) is 0.283. The lowest BCUT2D eigenvalue weighted by atomic mass is 10.2. The smallest absolute Gasteiger partial charge is 0.237 e. The second-order valence-corrected chi connectivity index (χ2v) is 7.60. The molecule has 3 heterocycles. The maximum atomic E-state index is 13.2. The molecule has 0 N–H and O–H groups in total. The summed E-state index contributed by atoms with van der Waals surface area (Å²) in [4.78, 5) is 13.1. The number of benzene rings is 2. The molecule has 0 bridgehead atoms. The third-order valence-corrected chi connectivity index (χ3v) is 5.64. The Balaban J connectivity index is 1.39. The molecular weight excluding hydrogens is 427 g/mol. The summed E-state index contributed by atoms with van der Waals surface area (Å²) in [5, 5.41) is 10.4. The van der Waals surface area contributed by atoms with Gasteiger partial charge in [-0.05, 0) is 36.4 Å². The Labute approximate surface area is 178 Å². The van der Waals surface area contributed by atoms with Gasteiger partial charge in [0.15, 0.2) is 5.65 Å². The summed E-state index contributed by atoms with van der Waals surface area (Å²) in [6.07, 6.45) is 3.15. The molecule has 30 heavy (non-hydrogen) atoms. The lowest BCUT2D eigenvalue weighted by Gasteiger charge is -2.03. The average molecular weight is 439 g/mol. The molecule has 0 saturated heterocycles. The third kappa shape index (κ3) is 3.53. The van der Waals surface area contributed by atoms with Crippen molar-refractivity contribution in [2.24, 2.45) is 0 Å². The van der Waals surface area contributed by atoms with Gasteiger partial charge in [-0.2, -0.15) is 10.1 Å². The van der Waals surface area contributed by atoms with Crippen molar-refractivity contribution >= 4 is 34.4 Å². The van der Waals surface area contributed by atoms with E-state index in [9.17, 15) is 4.39 Å². The molecule has 0 atom stereocenters. The summed E-state index contributed by atoms with van der Waals surface area (Å²) in [6, 6.07) is 13.4. The monoisotopic (exact) mass is 438 g/mol. The number of hydrogen-bond donors (Lipinski definition) is 0. The fraction of sp³-hybridized carbons (Fsp3) is 0.0500. The van der Waals surface area contributed by atoms with Gasteiger partial charge >= 0.3 is 0 Å². The van der Waals surface area contributed by atoms with Crippen molar-refractivity contribution < 1.29 is 8.91 Å². The van der Waals surface area contributed by atoms with Crippen LogP contribution in [0.5, 0.6) is 0 Å². The second kappa shape index (κ2) is 7.85. The number of halogens is 2. The van der Waals surface area contributed by atoms with Gasteiger partial charge in [-0.15, -0.1) is 0 Å². The highest BCUT2D eigenvalue weighted by Crippen LogP contribution is 2.29. The number of fused-ring (bicyclic) bond motifs is 1. The Morgan fingerprint density at radius 2 is 1.90 bits per heavy atom. The van der Waals surface area contributed by atoms with Crippen molar-refractivity contribution in [2.75, 3.05) is 0 Å². The lowest BCUT2D eigenvalue weighted by molar-refractivity contribution is 0.391. The fourth-order valence-electron chi connectivity index (χ4n) is 2.90. The molecule has 3 aromatic heterocycles. The number of rotatable bonds is 5. The van der Waals surface area contributed by atoms with E-state index in [0.29, 0.717) is 39.4 Å². The number of nitrogens with zero attached hydrogens (tertiary/aromatic N) is 6. The summed E-state index contributed by atoms with van der Waals surface area (Å²) < 4.78 is 20.2. The summed E-state index contributed by atoms with van der Waals surface area (Å²) in [5.41, 5.74) is 2.05. The van der Waals surface area contributed by atoms with E-state index in [2.05, 4.69) is 25.2 Å². The van der Waals surface area contributed by atoms with Crippen LogP contribution in [-0.4, -0.2) is 29.9 Å². The maximum absolute atomic E-state index is 13.2. The van der Waals surface area contributed by atoms with Crippen LogP contribution in [0.15, 0.2) is 70.6 Å². The zero-order chi connectivity index (χ0) is 20.5. The van der Waals surface area contributed by atoms with Gasteiger partial charge in [-0.3, -0.25) is 0 Å². The first-order valence-corrected chi connectivity index (χ1v) is 10.2. The minimum Gasteiger partial charge on any atom is -0.338 e. The van der Waals surface area contributed by atoms with E-state index in [1.54, 1.807) is 29.1 Å². The van der Waals surface area contributed by atoms with Crippen LogP contribution in [-0.2, 0) is 5.75 Å². The number of aromatic nitrogens is 6. The Hall–Kier alpha value is -3.30. The fourth-order valence-corrected chi connectivity index (χ4v) is 3.92. The molecule has 0 aliphatic rings. The van der Waals surface area contributed by atoms with Gasteiger partial charge in [0.2, 0.25) is 11.7 Å². The van der Waals surface area contributed by atoms with Crippen LogP contribution in [0.2, 0.25) is 5.02 Å². The van der Waals surface area contributed by atoms with E-state index in [4.69, 9.17) is 16.1 Å². The summed E-state index contributed by atoms with van der Waals surface area (Å²) in [7, 11) is 0. The second-order valence-electron chi connectivity index (χ2n) is 6.23. The molecule has 7 nitrogen and oxygen atoms in total. The van der Waals surface area contributed by atoms with Crippen molar-refractivity contribution in [1.82, 2.24) is 29.9 Å². The maximum Gasteiger partial charge on any atom is 0.237 e. The van der Waals surface area contributed by atoms with Gasteiger partial charge < -0.3 is 4.52 Å². The Morgan fingerprint density at radius 1 is 1.07 bits per heavy atom. The number of thioether (sulfide) groups is 1.